The van der Waals surface area contributed by atoms with E-state index < -0.39 is 17.9 Å². The second kappa shape index (κ2) is 4.37. The van der Waals surface area contributed by atoms with E-state index in [1.54, 1.807) is 0 Å². The standard InChI is InChI=1S/C12H13N3O2/c13-11-9(12(14)17)10(16)8(15-11)6-7-4-2-1-3-5-7/h1-5,8-9H,6H2,(H2,13,15)(H2,14,17). The van der Waals surface area contributed by atoms with E-state index in [9.17, 15) is 9.59 Å². The van der Waals surface area contributed by atoms with Crippen LogP contribution in [0.3, 0.4) is 0 Å². The smallest absolute Gasteiger partial charge is 0.235 e. The van der Waals surface area contributed by atoms with E-state index in [0.29, 0.717) is 6.42 Å². The number of benzene rings is 1. The van der Waals surface area contributed by atoms with E-state index in [1.807, 2.05) is 30.3 Å². The van der Waals surface area contributed by atoms with Crippen molar-refractivity contribution in [2.45, 2.75) is 12.5 Å². The van der Waals surface area contributed by atoms with Crippen LogP contribution in [0.2, 0.25) is 0 Å². The Labute approximate surface area is 98.5 Å². The van der Waals surface area contributed by atoms with Crippen molar-refractivity contribution in [1.82, 2.24) is 0 Å². The molecule has 2 atom stereocenters. The molecule has 0 saturated heterocycles. The molecule has 0 aliphatic carbocycles. The molecular weight excluding hydrogens is 218 g/mol. The number of ketones is 1. The summed E-state index contributed by atoms with van der Waals surface area (Å²) in [6.07, 6.45) is 0.449. The molecule has 1 heterocycles. The molecule has 1 amide bonds. The van der Waals surface area contributed by atoms with Gasteiger partial charge in [-0.15, -0.1) is 0 Å². The molecule has 1 aliphatic rings. The van der Waals surface area contributed by atoms with Gasteiger partial charge in [-0.05, 0) is 5.56 Å². The van der Waals surface area contributed by atoms with Crippen LogP contribution in [0.5, 0.6) is 0 Å². The van der Waals surface area contributed by atoms with Crippen LogP contribution in [-0.4, -0.2) is 23.6 Å². The zero-order valence-corrected chi connectivity index (χ0v) is 9.17. The summed E-state index contributed by atoms with van der Waals surface area (Å²) < 4.78 is 0. The van der Waals surface area contributed by atoms with E-state index in [4.69, 9.17) is 11.5 Å². The highest BCUT2D eigenvalue weighted by Crippen LogP contribution is 2.18. The van der Waals surface area contributed by atoms with Crippen LogP contribution >= 0.6 is 0 Å². The highest BCUT2D eigenvalue weighted by molar-refractivity contribution is 6.23. The summed E-state index contributed by atoms with van der Waals surface area (Å²) in [6, 6.07) is 8.87. The Morgan fingerprint density at radius 3 is 2.47 bits per heavy atom. The molecule has 17 heavy (non-hydrogen) atoms. The second-order valence-corrected chi connectivity index (χ2v) is 4.00. The Balaban J connectivity index is 2.15. The van der Waals surface area contributed by atoms with Crippen LogP contribution in [0.4, 0.5) is 0 Å². The SMILES string of the molecule is NC(=O)C1C(=O)C(Cc2ccccc2)N=C1N. The minimum atomic E-state index is -1.05. The van der Waals surface area contributed by atoms with Gasteiger partial charge in [0.05, 0.1) is 0 Å². The maximum absolute atomic E-state index is 11.9. The Bertz CT molecular complexity index is 482. The van der Waals surface area contributed by atoms with Crippen LogP contribution < -0.4 is 11.5 Å². The number of rotatable bonds is 3. The molecule has 1 aromatic rings. The summed E-state index contributed by atoms with van der Waals surface area (Å²) in [5.74, 6) is -2.06. The molecule has 0 spiro atoms. The Hall–Kier alpha value is -2.17. The monoisotopic (exact) mass is 231 g/mol. The van der Waals surface area contributed by atoms with Crippen molar-refractivity contribution in [1.29, 1.82) is 0 Å². The van der Waals surface area contributed by atoms with Crippen LogP contribution in [0, 0.1) is 5.92 Å². The van der Waals surface area contributed by atoms with Gasteiger partial charge in [0.1, 0.15) is 11.9 Å². The predicted octanol–water partition coefficient (Wildman–Crippen LogP) is -0.361. The van der Waals surface area contributed by atoms with Crippen LogP contribution in [0.25, 0.3) is 0 Å². The van der Waals surface area contributed by atoms with Gasteiger partial charge >= 0.3 is 0 Å². The first-order chi connectivity index (χ1) is 8.09. The molecule has 1 aromatic carbocycles. The normalized spacial score (nSPS) is 23.5. The Morgan fingerprint density at radius 2 is 1.94 bits per heavy atom. The number of hydrogen-bond donors (Lipinski definition) is 2. The summed E-state index contributed by atoms with van der Waals surface area (Å²) in [5, 5.41) is 0. The van der Waals surface area contributed by atoms with Crippen molar-refractivity contribution < 1.29 is 9.59 Å². The van der Waals surface area contributed by atoms with Gasteiger partial charge in [-0.2, -0.15) is 0 Å². The molecule has 5 nitrogen and oxygen atoms in total. The first kappa shape index (κ1) is 11.3. The molecule has 88 valence electrons. The number of aliphatic imine (C=N–C) groups is 1. The fourth-order valence-electron chi connectivity index (χ4n) is 1.93. The molecule has 2 rings (SSSR count). The average molecular weight is 231 g/mol. The summed E-state index contributed by atoms with van der Waals surface area (Å²) in [5.41, 5.74) is 11.6. The highest BCUT2D eigenvalue weighted by atomic mass is 16.2. The summed E-state index contributed by atoms with van der Waals surface area (Å²) >= 11 is 0. The third-order valence-electron chi connectivity index (χ3n) is 2.77. The van der Waals surface area contributed by atoms with Crippen molar-refractivity contribution in [3.8, 4) is 0 Å². The van der Waals surface area contributed by atoms with Crippen molar-refractivity contribution in [3.05, 3.63) is 35.9 Å². The number of primary amides is 1. The molecule has 2 unspecified atom stereocenters. The number of nitrogens with two attached hydrogens (primary N) is 2. The van der Waals surface area contributed by atoms with Gasteiger partial charge in [0.25, 0.3) is 0 Å². The molecule has 0 aromatic heterocycles. The highest BCUT2D eigenvalue weighted by Gasteiger charge is 2.39. The number of Topliss-reactive ketones (excluding diaryl/α,β-unsaturated/α-hetero) is 1. The predicted molar refractivity (Wildman–Crippen MR) is 63.2 cm³/mol. The number of amides is 1. The molecule has 0 fully saturated rings. The summed E-state index contributed by atoms with van der Waals surface area (Å²) in [6.45, 7) is 0. The summed E-state index contributed by atoms with van der Waals surface area (Å²) in [7, 11) is 0. The average Bonchev–Trinajstić information content (AvgIpc) is 2.55. The molecular formula is C12H13N3O2. The van der Waals surface area contributed by atoms with E-state index in [1.165, 1.54) is 0 Å². The van der Waals surface area contributed by atoms with Crippen LogP contribution in [0.1, 0.15) is 5.56 Å². The van der Waals surface area contributed by atoms with E-state index in [2.05, 4.69) is 4.99 Å². The molecule has 0 radical (unpaired) electrons. The second-order valence-electron chi connectivity index (χ2n) is 4.00. The van der Waals surface area contributed by atoms with Crippen molar-refractivity contribution in [2.75, 3.05) is 0 Å². The number of nitrogens with zero attached hydrogens (tertiary/aromatic N) is 1. The van der Waals surface area contributed by atoms with Gasteiger partial charge in [-0.25, -0.2) is 0 Å². The molecule has 1 aliphatic heterocycles. The third-order valence-corrected chi connectivity index (χ3v) is 2.77. The fraction of sp³-hybridized carbons (Fsp3) is 0.250. The minimum Gasteiger partial charge on any atom is -0.386 e. The maximum Gasteiger partial charge on any atom is 0.235 e. The lowest BCUT2D eigenvalue weighted by atomic mass is 9.96. The lowest BCUT2D eigenvalue weighted by Gasteiger charge is -2.07. The van der Waals surface area contributed by atoms with Gasteiger partial charge in [0.2, 0.25) is 5.91 Å². The summed E-state index contributed by atoms with van der Waals surface area (Å²) in [4.78, 5) is 26.9. The van der Waals surface area contributed by atoms with Crippen LogP contribution in [0.15, 0.2) is 35.3 Å². The maximum atomic E-state index is 11.9. The van der Waals surface area contributed by atoms with Gasteiger partial charge in [-0.1, -0.05) is 30.3 Å². The molecule has 0 bridgehead atoms. The molecule has 4 N–H and O–H groups in total. The topological polar surface area (TPSA) is 98.5 Å². The Morgan fingerprint density at radius 1 is 1.29 bits per heavy atom. The van der Waals surface area contributed by atoms with E-state index >= 15 is 0 Å². The van der Waals surface area contributed by atoms with Gasteiger partial charge in [0.15, 0.2) is 11.7 Å². The molecule has 5 heteroatoms. The number of carbonyl (C=O) groups is 2. The minimum absolute atomic E-state index is 0.0310. The lowest BCUT2D eigenvalue weighted by molar-refractivity contribution is -0.129. The zero-order valence-electron chi connectivity index (χ0n) is 9.17. The lowest BCUT2D eigenvalue weighted by Crippen LogP contribution is -2.38. The quantitative estimate of drug-likeness (QED) is 0.695. The third kappa shape index (κ3) is 2.18. The van der Waals surface area contributed by atoms with E-state index in [0.717, 1.165) is 5.56 Å². The van der Waals surface area contributed by atoms with Gasteiger partial charge in [-0.3, -0.25) is 14.6 Å². The first-order valence-electron chi connectivity index (χ1n) is 5.29. The Kier molecular flexibility index (Phi) is 2.91. The first-order valence-corrected chi connectivity index (χ1v) is 5.29. The van der Waals surface area contributed by atoms with E-state index in [-0.39, 0.29) is 11.6 Å². The van der Waals surface area contributed by atoms with Crippen molar-refractivity contribution in [2.24, 2.45) is 22.4 Å². The van der Waals surface area contributed by atoms with Crippen molar-refractivity contribution >= 4 is 17.5 Å². The van der Waals surface area contributed by atoms with Gasteiger partial charge in [0, 0.05) is 6.42 Å². The zero-order chi connectivity index (χ0) is 12.4. The molecule has 0 saturated carbocycles. The largest absolute Gasteiger partial charge is 0.386 e. The number of hydrogen-bond acceptors (Lipinski definition) is 4. The fourth-order valence-corrected chi connectivity index (χ4v) is 1.93. The van der Waals surface area contributed by atoms with Gasteiger partial charge < -0.3 is 11.5 Å². The van der Waals surface area contributed by atoms with Crippen LogP contribution in [-0.2, 0) is 16.0 Å². The number of amidine groups is 1. The van der Waals surface area contributed by atoms with Crippen molar-refractivity contribution in [3.63, 3.8) is 0 Å². The number of carbonyl (C=O) groups excluding carboxylic acids is 2.